The lowest BCUT2D eigenvalue weighted by atomic mass is 9.85. The van der Waals surface area contributed by atoms with E-state index >= 15 is 0 Å². The highest BCUT2D eigenvalue weighted by molar-refractivity contribution is 6.18. The van der Waals surface area contributed by atoms with Crippen molar-refractivity contribution in [1.82, 2.24) is 24.1 Å². The van der Waals surface area contributed by atoms with Crippen LogP contribution in [0.25, 0.3) is 89.2 Å². The number of aromatic nitrogens is 5. The molecule has 10 rings (SSSR count). The van der Waals surface area contributed by atoms with E-state index in [1.54, 1.807) is 0 Å². The largest absolute Gasteiger partial charge is 0.309 e. The molecule has 5 heteroatoms. The maximum atomic E-state index is 5.42. The van der Waals surface area contributed by atoms with Gasteiger partial charge in [0.15, 0.2) is 17.5 Å². The zero-order chi connectivity index (χ0) is 39.8. The minimum atomic E-state index is -0.0137. The first-order valence-electron chi connectivity index (χ1n) is 20.1. The minimum Gasteiger partial charge on any atom is -0.309 e. The van der Waals surface area contributed by atoms with Gasteiger partial charge in [0, 0.05) is 38.4 Å². The number of hydrogen-bond acceptors (Lipinski definition) is 3. The van der Waals surface area contributed by atoms with Gasteiger partial charge in [0.2, 0.25) is 0 Å². The van der Waals surface area contributed by atoms with E-state index in [0.717, 1.165) is 60.9 Å². The molecule has 10 aromatic rings. The van der Waals surface area contributed by atoms with Crippen LogP contribution in [0, 0.1) is 0 Å². The molecule has 282 valence electrons. The first kappa shape index (κ1) is 35.6. The number of rotatable bonds is 5. The van der Waals surface area contributed by atoms with Gasteiger partial charge in [-0.15, -0.1) is 0 Å². The van der Waals surface area contributed by atoms with E-state index in [1.807, 2.05) is 36.4 Å². The highest BCUT2D eigenvalue weighted by Gasteiger charge is 2.27. The molecule has 0 atom stereocenters. The summed E-state index contributed by atoms with van der Waals surface area (Å²) in [6, 6.07) is 58.4. The van der Waals surface area contributed by atoms with Gasteiger partial charge in [-0.25, -0.2) is 15.0 Å². The topological polar surface area (TPSA) is 48.5 Å². The molecule has 0 spiro atoms. The van der Waals surface area contributed by atoms with Crippen molar-refractivity contribution in [3.05, 3.63) is 175 Å². The average Bonchev–Trinajstić information content (AvgIpc) is 3.75. The van der Waals surface area contributed by atoms with E-state index in [4.69, 9.17) is 15.0 Å². The van der Waals surface area contributed by atoms with Crippen LogP contribution in [0.15, 0.2) is 164 Å². The second-order valence-electron chi connectivity index (χ2n) is 17.4. The summed E-state index contributed by atoms with van der Waals surface area (Å²) in [7, 11) is 0. The Hall–Kier alpha value is -6.85. The Bertz CT molecular complexity index is 3030. The van der Waals surface area contributed by atoms with Crippen molar-refractivity contribution in [3.8, 4) is 45.5 Å². The number of nitrogens with zero attached hydrogens (tertiary/aromatic N) is 5. The Morgan fingerprint density at radius 2 is 0.828 bits per heavy atom. The van der Waals surface area contributed by atoms with Crippen molar-refractivity contribution in [2.24, 2.45) is 0 Å². The van der Waals surface area contributed by atoms with Crippen LogP contribution in [0.3, 0.4) is 0 Å². The molecule has 0 aliphatic carbocycles. The quantitative estimate of drug-likeness (QED) is 0.176. The molecule has 0 unspecified atom stereocenters. The third-order valence-electron chi connectivity index (χ3n) is 11.5. The number of fused-ring (bicyclic) bond motifs is 6. The summed E-state index contributed by atoms with van der Waals surface area (Å²) < 4.78 is 4.81. The lowest BCUT2D eigenvalue weighted by Crippen LogP contribution is -2.10. The average molecular weight is 752 g/mol. The lowest BCUT2D eigenvalue weighted by molar-refractivity contribution is 0.590. The highest BCUT2D eigenvalue weighted by Crippen LogP contribution is 2.45. The highest BCUT2D eigenvalue weighted by atomic mass is 15.1. The maximum Gasteiger partial charge on any atom is 0.166 e. The normalized spacial score (nSPS) is 12.3. The van der Waals surface area contributed by atoms with Gasteiger partial charge in [0.1, 0.15) is 0 Å². The van der Waals surface area contributed by atoms with Crippen LogP contribution in [0.1, 0.15) is 52.7 Å². The predicted molar refractivity (Wildman–Crippen MR) is 242 cm³/mol. The number of para-hydroxylation sites is 2. The standard InChI is InChI=1S/C53H45N5/c1-52(2,3)36-26-28-43-40(32-36)41-33-37(53(4,5)6)27-29-44(41)58(43)46-31-30-45-47(39-24-16-17-25-42(39)57(45)38-22-14-9-15-23-38)48(46)51-55-49(34-18-10-7-11-19-34)54-50(56-51)35-20-12-8-13-21-35/h7-33H,1-6H3. The van der Waals surface area contributed by atoms with Crippen molar-refractivity contribution < 1.29 is 0 Å². The summed E-state index contributed by atoms with van der Waals surface area (Å²) in [6.45, 7) is 13.7. The van der Waals surface area contributed by atoms with Crippen LogP contribution in [-0.4, -0.2) is 24.1 Å². The lowest BCUT2D eigenvalue weighted by Gasteiger charge is -2.19. The Kier molecular flexibility index (Phi) is 8.20. The summed E-state index contributed by atoms with van der Waals surface area (Å²) in [6.07, 6.45) is 0. The van der Waals surface area contributed by atoms with E-state index in [-0.39, 0.29) is 10.8 Å². The molecule has 3 aromatic heterocycles. The molecule has 0 aliphatic rings. The van der Waals surface area contributed by atoms with Gasteiger partial charge in [0.05, 0.1) is 33.3 Å². The number of hydrogen-bond donors (Lipinski definition) is 0. The van der Waals surface area contributed by atoms with Gasteiger partial charge in [-0.2, -0.15) is 0 Å². The fourth-order valence-electron chi connectivity index (χ4n) is 8.45. The molecule has 0 N–H and O–H groups in total. The van der Waals surface area contributed by atoms with Crippen molar-refractivity contribution in [2.45, 2.75) is 52.4 Å². The molecule has 0 saturated heterocycles. The Balaban J connectivity index is 1.39. The monoisotopic (exact) mass is 751 g/mol. The molecule has 58 heavy (non-hydrogen) atoms. The first-order chi connectivity index (χ1) is 28.0. The van der Waals surface area contributed by atoms with Gasteiger partial charge in [-0.3, -0.25) is 0 Å². The maximum absolute atomic E-state index is 5.42. The van der Waals surface area contributed by atoms with Crippen LogP contribution < -0.4 is 0 Å². The van der Waals surface area contributed by atoms with Gasteiger partial charge < -0.3 is 9.13 Å². The van der Waals surface area contributed by atoms with Crippen molar-refractivity contribution in [3.63, 3.8) is 0 Å². The molecular formula is C53H45N5. The van der Waals surface area contributed by atoms with Crippen LogP contribution in [-0.2, 0) is 10.8 Å². The summed E-state index contributed by atoms with van der Waals surface area (Å²) >= 11 is 0. The molecule has 0 amide bonds. The number of benzene rings is 7. The minimum absolute atomic E-state index is 0.0137. The van der Waals surface area contributed by atoms with Crippen LogP contribution in [0.2, 0.25) is 0 Å². The second-order valence-corrected chi connectivity index (χ2v) is 17.4. The molecule has 0 saturated carbocycles. The van der Waals surface area contributed by atoms with Gasteiger partial charge >= 0.3 is 0 Å². The van der Waals surface area contributed by atoms with Gasteiger partial charge in [-0.1, -0.05) is 151 Å². The summed E-state index contributed by atoms with van der Waals surface area (Å²) in [5.41, 5.74) is 12.0. The van der Waals surface area contributed by atoms with E-state index < -0.39 is 0 Å². The Morgan fingerprint density at radius 1 is 0.379 bits per heavy atom. The third-order valence-corrected chi connectivity index (χ3v) is 11.5. The first-order valence-corrected chi connectivity index (χ1v) is 20.1. The Labute approximate surface area is 339 Å². The molecule has 3 heterocycles. The van der Waals surface area contributed by atoms with Crippen LogP contribution in [0.5, 0.6) is 0 Å². The smallest absolute Gasteiger partial charge is 0.166 e. The zero-order valence-electron chi connectivity index (χ0n) is 33.8. The molecule has 0 radical (unpaired) electrons. The second kappa shape index (κ2) is 13.4. The van der Waals surface area contributed by atoms with Crippen molar-refractivity contribution in [1.29, 1.82) is 0 Å². The fraction of sp³-hybridized carbons (Fsp3) is 0.151. The van der Waals surface area contributed by atoms with Gasteiger partial charge in [-0.05, 0) is 76.6 Å². The molecule has 0 aliphatic heterocycles. The summed E-state index contributed by atoms with van der Waals surface area (Å²) in [5.74, 6) is 1.88. The molecule has 7 aromatic carbocycles. The molecular weight excluding hydrogens is 707 g/mol. The molecule has 0 bridgehead atoms. The molecule has 5 nitrogen and oxygen atoms in total. The van der Waals surface area contributed by atoms with E-state index in [2.05, 4.69) is 178 Å². The molecule has 0 fully saturated rings. The van der Waals surface area contributed by atoms with Crippen LogP contribution in [0.4, 0.5) is 0 Å². The van der Waals surface area contributed by atoms with Crippen LogP contribution >= 0.6 is 0 Å². The Morgan fingerprint density at radius 3 is 1.36 bits per heavy atom. The summed E-state index contributed by atoms with van der Waals surface area (Å²) in [4.78, 5) is 16.0. The zero-order valence-corrected chi connectivity index (χ0v) is 33.8. The predicted octanol–water partition coefficient (Wildman–Crippen LogP) is 13.7. The van der Waals surface area contributed by atoms with E-state index in [9.17, 15) is 0 Å². The third kappa shape index (κ3) is 5.89. The van der Waals surface area contributed by atoms with Crippen molar-refractivity contribution >= 4 is 43.6 Å². The van der Waals surface area contributed by atoms with E-state index in [1.165, 1.54) is 21.9 Å². The summed E-state index contributed by atoms with van der Waals surface area (Å²) in [5, 5.41) is 4.69. The van der Waals surface area contributed by atoms with Gasteiger partial charge in [0.25, 0.3) is 0 Å². The van der Waals surface area contributed by atoms with E-state index in [0.29, 0.717) is 17.5 Å². The fourth-order valence-corrected chi connectivity index (χ4v) is 8.45. The SMILES string of the molecule is CC(C)(C)c1ccc2c(c1)c1cc(C(C)(C)C)ccc1n2-c1ccc2c(c1-c1nc(-c3ccccc3)nc(-c3ccccc3)n1)c1ccccc1n2-c1ccccc1. The van der Waals surface area contributed by atoms with Crippen molar-refractivity contribution in [2.75, 3.05) is 0 Å².